The average molecular weight is 263 g/mol. The van der Waals surface area contributed by atoms with E-state index in [-0.39, 0.29) is 11.5 Å². The molecule has 1 aliphatic heterocycles. The van der Waals surface area contributed by atoms with Gasteiger partial charge in [0.15, 0.2) is 0 Å². The fourth-order valence-corrected chi connectivity index (χ4v) is 2.66. The molecule has 1 saturated heterocycles. The quantitative estimate of drug-likeness (QED) is 0.772. The third-order valence-electron chi connectivity index (χ3n) is 3.73. The number of likely N-dealkylation sites (tertiary alicyclic amines) is 1. The molecule has 1 unspecified atom stereocenters. The Kier molecular flexibility index (Phi) is 3.66. The number of nitrogens with zero attached hydrogens (tertiary/aromatic N) is 2. The van der Waals surface area contributed by atoms with Crippen molar-refractivity contribution in [3.05, 3.63) is 34.9 Å². The lowest BCUT2D eigenvalue weighted by Crippen LogP contribution is -2.39. The van der Waals surface area contributed by atoms with E-state index in [9.17, 15) is 5.26 Å². The van der Waals surface area contributed by atoms with Gasteiger partial charge in [-0.05, 0) is 38.5 Å². The lowest BCUT2D eigenvalue weighted by Gasteiger charge is -2.31. The van der Waals surface area contributed by atoms with E-state index in [1.807, 2.05) is 24.3 Å². The number of nitriles is 1. The molecule has 0 aromatic heterocycles. The van der Waals surface area contributed by atoms with Crippen LogP contribution in [0.25, 0.3) is 0 Å². The van der Waals surface area contributed by atoms with Crippen LogP contribution >= 0.6 is 11.6 Å². The van der Waals surface area contributed by atoms with Crippen LogP contribution in [-0.2, 0) is 0 Å². The number of hydrogen-bond acceptors (Lipinski definition) is 2. The van der Waals surface area contributed by atoms with E-state index in [2.05, 4.69) is 31.7 Å². The molecule has 2 nitrogen and oxygen atoms in total. The van der Waals surface area contributed by atoms with Gasteiger partial charge in [0.05, 0.1) is 12.0 Å². The van der Waals surface area contributed by atoms with E-state index in [1.54, 1.807) is 0 Å². The molecule has 3 heteroatoms. The minimum Gasteiger partial charge on any atom is -0.297 e. The second-order valence-corrected chi connectivity index (χ2v) is 6.41. The van der Waals surface area contributed by atoms with Gasteiger partial charge in [-0.15, -0.1) is 0 Å². The van der Waals surface area contributed by atoms with E-state index in [1.165, 1.54) is 5.56 Å². The molecule has 1 aliphatic rings. The van der Waals surface area contributed by atoms with Crippen LogP contribution in [0.4, 0.5) is 0 Å². The Morgan fingerprint density at radius 3 is 2.33 bits per heavy atom. The van der Waals surface area contributed by atoms with Gasteiger partial charge in [0.1, 0.15) is 0 Å². The smallest absolute Gasteiger partial charge is 0.0676 e. The third kappa shape index (κ3) is 2.68. The summed E-state index contributed by atoms with van der Waals surface area (Å²) in [6.45, 7) is 8.40. The molecule has 1 aromatic rings. The van der Waals surface area contributed by atoms with Crippen molar-refractivity contribution in [3.63, 3.8) is 0 Å². The molecule has 1 aromatic carbocycles. The molecule has 0 amide bonds. The molecule has 0 radical (unpaired) electrons. The zero-order valence-electron chi connectivity index (χ0n) is 11.2. The highest BCUT2D eigenvalue weighted by Crippen LogP contribution is 2.36. The van der Waals surface area contributed by atoms with Crippen LogP contribution in [0, 0.1) is 17.2 Å². The molecular weight excluding hydrogens is 244 g/mol. The first-order chi connectivity index (χ1) is 8.41. The number of hydrogen-bond donors (Lipinski definition) is 0. The van der Waals surface area contributed by atoms with Gasteiger partial charge in [-0.3, -0.25) is 4.90 Å². The number of halogens is 1. The van der Waals surface area contributed by atoms with Gasteiger partial charge in [-0.1, -0.05) is 23.7 Å². The standard InChI is InChI=1S/C15H19ClN2/c1-15(2,3)18-9-12(8-17)14(10-18)11-4-6-13(16)7-5-11/h4-7,12,14H,9-10H2,1-3H3/t12-,14?/m1/s1. The molecule has 0 N–H and O–H groups in total. The maximum atomic E-state index is 9.33. The van der Waals surface area contributed by atoms with E-state index in [0.29, 0.717) is 5.92 Å². The molecule has 1 fully saturated rings. The van der Waals surface area contributed by atoms with Crippen LogP contribution in [0.5, 0.6) is 0 Å². The molecule has 0 saturated carbocycles. The summed E-state index contributed by atoms with van der Waals surface area (Å²) in [5.41, 5.74) is 1.34. The van der Waals surface area contributed by atoms with Crippen molar-refractivity contribution in [2.75, 3.05) is 13.1 Å². The van der Waals surface area contributed by atoms with Gasteiger partial charge in [0.25, 0.3) is 0 Å². The Hall–Kier alpha value is -1.04. The Labute approximate surface area is 114 Å². The van der Waals surface area contributed by atoms with E-state index >= 15 is 0 Å². The summed E-state index contributed by atoms with van der Waals surface area (Å²) in [7, 11) is 0. The van der Waals surface area contributed by atoms with Crippen molar-refractivity contribution in [1.82, 2.24) is 4.90 Å². The number of rotatable bonds is 1. The first kappa shape index (κ1) is 13.4. The molecule has 1 heterocycles. The van der Waals surface area contributed by atoms with Gasteiger partial charge in [0, 0.05) is 29.6 Å². The monoisotopic (exact) mass is 262 g/mol. The number of benzene rings is 1. The largest absolute Gasteiger partial charge is 0.297 e. The van der Waals surface area contributed by atoms with Gasteiger partial charge >= 0.3 is 0 Å². The minimum absolute atomic E-state index is 0.0744. The highest BCUT2D eigenvalue weighted by atomic mass is 35.5. The molecular formula is C15H19ClN2. The molecule has 0 spiro atoms. The van der Waals surface area contributed by atoms with Crippen LogP contribution in [0.3, 0.4) is 0 Å². The predicted octanol–water partition coefficient (Wildman–Crippen LogP) is 3.68. The Morgan fingerprint density at radius 1 is 1.22 bits per heavy atom. The summed E-state index contributed by atoms with van der Waals surface area (Å²) in [5.74, 6) is 0.372. The van der Waals surface area contributed by atoms with Crippen LogP contribution in [-0.4, -0.2) is 23.5 Å². The van der Waals surface area contributed by atoms with Crippen molar-refractivity contribution < 1.29 is 0 Å². The van der Waals surface area contributed by atoms with Gasteiger partial charge < -0.3 is 0 Å². The second-order valence-electron chi connectivity index (χ2n) is 5.97. The van der Waals surface area contributed by atoms with E-state index in [4.69, 9.17) is 11.6 Å². The second kappa shape index (κ2) is 4.91. The molecule has 0 aliphatic carbocycles. The first-order valence-corrected chi connectivity index (χ1v) is 6.70. The Morgan fingerprint density at radius 2 is 1.83 bits per heavy atom. The first-order valence-electron chi connectivity index (χ1n) is 6.32. The normalized spacial score (nSPS) is 25.1. The zero-order valence-corrected chi connectivity index (χ0v) is 11.9. The molecule has 2 rings (SSSR count). The summed E-state index contributed by atoms with van der Waals surface area (Å²) < 4.78 is 0. The molecule has 96 valence electrons. The summed E-state index contributed by atoms with van der Waals surface area (Å²) >= 11 is 5.91. The summed E-state index contributed by atoms with van der Waals surface area (Å²) in [6, 6.07) is 10.4. The lowest BCUT2D eigenvalue weighted by molar-refractivity contribution is 0.170. The molecule has 0 bridgehead atoms. The zero-order chi connectivity index (χ0) is 13.3. The highest BCUT2D eigenvalue weighted by Gasteiger charge is 2.38. The topological polar surface area (TPSA) is 27.0 Å². The summed E-state index contributed by atoms with van der Waals surface area (Å²) in [6.07, 6.45) is 0. The molecule has 18 heavy (non-hydrogen) atoms. The van der Waals surface area contributed by atoms with E-state index < -0.39 is 0 Å². The molecule has 2 atom stereocenters. The van der Waals surface area contributed by atoms with Crippen molar-refractivity contribution >= 4 is 11.6 Å². The maximum Gasteiger partial charge on any atom is 0.0676 e. The lowest BCUT2D eigenvalue weighted by atomic mass is 9.90. The van der Waals surface area contributed by atoms with Crippen LogP contribution in [0.1, 0.15) is 32.3 Å². The van der Waals surface area contributed by atoms with Gasteiger partial charge in [-0.2, -0.15) is 5.26 Å². The summed E-state index contributed by atoms with van der Waals surface area (Å²) in [4.78, 5) is 2.39. The van der Waals surface area contributed by atoms with E-state index in [0.717, 1.165) is 18.1 Å². The summed E-state index contributed by atoms with van der Waals surface area (Å²) in [5, 5.41) is 10.1. The SMILES string of the molecule is CC(C)(C)N1CC(c2ccc(Cl)cc2)[C@H](C#N)C1. The maximum absolute atomic E-state index is 9.33. The highest BCUT2D eigenvalue weighted by molar-refractivity contribution is 6.30. The fraction of sp³-hybridized carbons (Fsp3) is 0.533. The van der Waals surface area contributed by atoms with Crippen LogP contribution in [0.2, 0.25) is 5.02 Å². The van der Waals surface area contributed by atoms with Gasteiger partial charge in [-0.25, -0.2) is 0 Å². The third-order valence-corrected chi connectivity index (χ3v) is 3.98. The van der Waals surface area contributed by atoms with Crippen molar-refractivity contribution in [2.24, 2.45) is 5.92 Å². The average Bonchev–Trinajstić information content (AvgIpc) is 2.73. The predicted molar refractivity (Wildman–Crippen MR) is 74.6 cm³/mol. The Bertz CT molecular complexity index is 453. The van der Waals surface area contributed by atoms with Crippen LogP contribution < -0.4 is 0 Å². The van der Waals surface area contributed by atoms with Crippen molar-refractivity contribution in [3.8, 4) is 6.07 Å². The van der Waals surface area contributed by atoms with Gasteiger partial charge in [0.2, 0.25) is 0 Å². The van der Waals surface area contributed by atoms with Crippen molar-refractivity contribution in [2.45, 2.75) is 32.2 Å². The van der Waals surface area contributed by atoms with Crippen molar-refractivity contribution in [1.29, 1.82) is 5.26 Å². The Balaban J connectivity index is 2.23. The minimum atomic E-state index is 0.0744. The fourth-order valence-electron chi connectivity index (χ4n) is 2.53. The van der Waals surface area contributed by atoms with Crippen LogP contribution in [0.15, 0.2) is 24.3 Å².